The fraction of sp³-hybridized carbons (Fsp3) is 0.304. The number of amides is 1. The zero-order valence-electron chi connectivity index (χ0n) is 17.2. The Morgan fingerprint density at radius 1 is 1.16 bits per heavy atom. The number of benzene rings is 2. The van der Waals surface area contributed by atoms with Crippen molar-refractivity contribution in [3.8, 4) is 5.75 Å². The van der Waals surface area contributed by atoms with Gasteiger partial charge in [0.05, 0.1) is 5.56 Å². The number of carbonyl (C=O) groups excluding carboxylic acids is 1. The van der Waals surface area contributed by atoms with Gasteiger partial charge in [0.25, 0.3) is 5.91 Å². The van der Waals surface area contributed by atoms with Crippen molar-refractivity contribution in [1.29, 1.82) is 0 Å². The van der Waals surface area contributed by atoms with Gasteiger partial charge in [-0.25, -0.2) is 4.39 Å². The van der Waals surface area contributed by atoms with E-state index in [-0.39, 0.29) is 24.0 Å². The van der Waals surface area contributed by atoms with Gasteiger partial charge in [-0.1, -0.05) is 35.0 Å². The summed E-state index contributed by atoms with van der Waals surface area (Å²) < 4.78 is 24.3. The first-order valence-corrected chi connectivity index (χ1v) is 10.5. The molecule has 3 aromatic rings. The largest absolute Gasteiger partial charge is 0.489 e. The van der Waals surface area contributed by atoms with Crippen LogP contribution in [0.15, 0.2) is 53.1 Å². The second-order valence-electron chi connectivity index (χ2n) is 7.51. The topological polar surface area (TPSA) is 58.8 Å². The molecule has 0 atom stereocenters. The minimum absolute atomic E-state index is 0.0780. The van der Waals surface area contributed by atoms with E-state index in [9.17, 15) is 9.18 Å². The molecule has 1 aliphatic rings. The van der Waals surface area contributed by atoms with Crippen LogP contribution in [0.3, 0.4) is 0 Å². The van der Waals surface area contributed by atoms with Crippen LogP contribution < -0.4 is 4.74 Å². The molecule has 2 aromatic carbocycles. The Bertz CT molecular complexity index is 1060. The molecule has 6 nitrogen and oxygen atoms in total. The van der Waals surface area contributed by atoms with E-state index in [4.69, 9.17) is 20.9 Å². The number of aromatic nitrogens is 1. The van der Waals surface area contributed by atoms with Crippen LogP contribution in [0.1, 0.15) is 27.4 Å². The number of piperazine rings is 1. The number of ether oxygens (including phenoxy) is 1. The molecule has 1 aromatic heterocycles. The molecule has 162 valence electrons. The molecule has 0 radical (unpaired) electrons. The third-order valence-corrected chi connectivity index (χ3v) is 5.56. The molecule has 2 heterocycles. The molecule has 1 amide bonds. The van der Waals surface area contributed by atoms with Crippen molar-refractivity contribution in [2.24, 2.45) is 0 Å². The molecule has 0 saturated carbocycles. The van der Waals surface area contributed by atoms with E-state index in [0.29, 0.717) is 30.2 Å². The lowest BCUT2D eigenvalue weighted by Gasteiger charge is -2.34. The Labute approximate surface area is 185 Å². The summed E-state index contributed by atoms with van der Waals surface area (Å²) in [6, 6.07) is 13.7. The lowest BCUT2D eigenvalue weighted by molar-refractivity contribution is 0.0616. The number of nitrogens with zero attached hydrogens (tertiary/aromatic N) is 3. The number of aryl methyl sites for hydroxylation is 1. The maximum Gasteiger partial charge on any atom is 0.276 e. The summed E-state index contributed by atoms with van der Waals surface area (Å²) in [5.41, 5.74) is 1.98. The minimum atomic E-state index is -0.383. The van der Waals surface area contributed by atoms with Crippen LogP contribution in [0.5, 0.6) is 5.75 Å². The highest BCUT2D eigenvalue weighted by molar-refractivity contribution is 6.30. The Morgan fingerprint density at radius 3 is 2.68 bits per heavy atom. The number of rotatable bonds is 6. The average molecular weight is 444 g/mol. The van der Waals surface area contributed by atoms with Gasteiger partial charge >= 0.3 is 0 Å². The Balaban J connectivity index is 1.37. The molecule has 0 N–H and O–H groups in total. The number of halogens is 2. The van der Waals surface area contributed by atoms with Gasteiger partial charge < -0.3 is 14.2 Å². The highest BCUT2D eigenvalue weighted by Gasteiger charge is 2.28. The zero-order chi connectivity index (χ0) is 21.8. The van der Waals surface area contributed by atoms with Crippen LogP contribution in [0, 0.1) is 12.7 Å². The SMILES string of the molecule is Cc1onc(C(=O)N2CCN(Cc3cccc(Cl)c3)CC2)c1COc1cccc(F)c1. The summed E-state index contributed by atoms with van der Waals surface area (Å²) in [4.78, 5) is 17.1. The van der Waals surface area contributed by atoms with E-state index >= 15 is 0 Å². The monoisotopic (exact) mass is 443 g/mol. The van der Waals surface area contributed by atoms with Gasteiger partial charge in [-0.15, -0.1) is 0 Å². The first-order chi connectivity index (χ1) is 15.0. The maximum absolute atomic E-state index is 13.4. The molecule has 0 unspecified atom stereocenters. The second-order valence-corrected chi connectivity index (χ2v) is 7.95. The summed E-state index contributed by atoms with van der Waals surface area (Å²) >= 11 is 6.07. The Morgan fingerprint density at radius 2 is 1.94 bits per heavy atom. The molecule has 0 spiro atoms. The smallest absolute Gasteiger partial charge is 0.276 e. The Hall–Kier alpha value is -2.90. The van der Waals surface area contributed by atoms with Crippen molar-refractivity contribution >= 4 is 17.5 Å². The van der Waals surface area contributed by atoms with Gasteiger partial charge in [-0.3, -0.25) is 9.69 Å². The van der Waals surface area contributed by atoms with Crippen molar-refractivity contribution < 1.29 is 18.4 Å². The quantitative estimate of drug-likeness (QED) is 0.568. The normalized spacial score (nSPS) is 14.6. The van der Waals surface area contributed by atoms with Crippen LogP contribution in [0.2, 0.25) is 5.02 Å². The molecular weight excluding hydrogens is 421 g/mol. The summed E-state index contributed by atoms with van der Waals surface area (Å²) in [6.07, 6.45) is 0. The van der Waals surface area contributed by atoms with Crippen LogP contribution >= 0.6 is 11.6 Å². The first-order valence-electron chi connectivity index (χ1n) is 10.1. The predicted octanol–water partition coefficient (Wildman–Crippen LogP) is 4.31. The van der Waals surface area contributed by atoms with Crippen molar-refractivity contribution in [3.05, 3.63) is 82.0 Å². The van der Waals surface area contributed by atoms with E-state index in [1.807, 2.05) is 24.3 Å². The van der Waals surface area contributed by atoms with Crippen LogP contribution in [0.4, 0.5) is 4.39 Å². The van der Waals surface area contributed by atoms with E-state index in [2.05, 4.69) is 10.1 Å². The summed E-state index contributed by atoms with van der Waals surface area (Å²) in [7, 11) is 0. The third kappa shape index (κ3) is 5.24. The van der Waals surface area contributed by atoms with Crippen molar-refractivity contribution in [1.82, 2.24) is 15.0 Å². The molecule has 1 aliphatic heterocycles. The van der Waals surface area contributed by atoms with Crippen molar-refractivity contribution in [3.63, 3.8) is 0 Å². The third-order valence-electron chi connectivity index (χ3n) is 5.32. The minimum Gasteiger partial charge on any atom is -0.489 e. The van der Waals surface area contributed by atoms with Crippen molar-refractivity contribution in [2.45, 2.75) is 20.1 Å². The Kier molecular flexibility index (Phi) is 6.53. The van der Waals surface area contributed by atoms with Crippen LogP contribution in [0.25, 0.3) is 0 Å². The van der Waals surface area contributed by atoms with Gasteiger partial charge in [0.2, 0.25) is 0 Å². The summed E-state index contributed by atoms with van der Waals surface area (Å²) in [5, 5.41) is 4.69. The maximum atomic E-state index is 13.4. The van der Waals surface area contributed by atoms with E-state index in [1.165, 1.54) is 12.1 Å². The first kappa shape index (κ1) is 21.3. The highest BCUT2D eigenvalue weighted by Crippen LogP contribution is 2.21. The highest BCUT2D eigenvalue weighted by atomic mass is 35.5. The van der Waals surface area contributed by atoms with E-state index in [0.717, 1.165) is 30.2 Å². The molecule has 4 rings (SSSR count). The summed E-state index contributed by atoms with van der Waals surface area (Å²) in [6.45, 7) is 5.30. The molecule has 0 aliphatic carbocycles. The fourth-order valence-electron chi connectivity index (χ4n) is 3.59. The van der Waals surface area contributed by atoms with Gasteiger partial charge in [0, 0.05) is 43.8 Å². The standard InChI is InChI=1S/C23H23ClFN3O3/c1-16-21(15-30-20-7-3-6-19(25)13-20)22(26-31-16)23(29)28-10-8-27(9-11-28)14-17-4-2-5-18(24)12-17/h2-7,12-13H,8-11,14-15H2,1H3. The molecular formula is C23H23ClFN3O3. The van der Waals surface area contributed by atoms with Gasteiger partial charge in [0.15, 0.2) is 5.69 Å². The van der Waals surface area contributed by atoms with Crippen molar-refractivity contribution in [2.75, 3.05) is 26.2 Å². The number of carbonyl (C=O) groups is 1. The van der Waals surface area contributed by atoms with Crippen LogP contribution in [-0.2, 0) is 13.2 Å². The van der Waals surface area contributed by atoms with E-state index in [1.54, 1.807) is 24.0 Å². The van der Waals surface area contributed by atoms with E-state index < -0.39 is 0 Å². The zero-order valence-corrected chi connectivity index (χ0v) is 17.9. The molecule has 8 heteroatoms. The molecule has 31 heavy (non-hydrogen) atoms. The summed E-state index contributed by atoms with van der Waals surface area (Å²) in [5.74, 6) is 0.330. The lowest BCUT2D eigenvalue weighted by Crippen LogP contribution is -2.48. The van der Waals surface area contributed by atoms with Gasteiger partial charge in [-0.2, -0.15) is 0 Å². The second kappa shape index (κ2) is 9.49. The number of hydrogen-bond acceptors (Lipinski definition) is 5. The molecule has 1 saturated heterocycles. The lowest BCUT2D eigenvalue weighted by atomic mass is 10.1. The predicted molar refractivity (Wildman–Crippen MR) is 115 cm³/mol. The molecule has 1 fully saturated rings. The fourth-order valence-corrected chi connectivity index (χ4v) is 3.81. The van der Waals surface area contributed by atoms with Crippen LogP contribution in [-0.4, -0.2) is 47.0 Å². The molecule has 0 bridgehead atoms. The van der Waals surface area contributed by atoms with Gasteiger partial charge in [0.1, 0.15) is 23.9 Å². The number of hydrogen-bond donors (Lipinski definition) is 0. The van der Waals surface area contributed by atoms with Gasteiger partial charge in [-0.05, 0) is 36.8 Å². The average Bonchev–Trinajstić information content (AvgIpc) is 3.13.